The zero-order valence-electron chi connectivity index (χ0n) is 8.24. The average molecular weight is 243 g/mol. The van der Waals surface area contributed by atoms with E-state index >= 15 is 0 Å². The van der Waals surface area contributed by atoms with E-state index in [1.54, 1.807) is 6.92 Å². The Kier molecular flexibility index (Phi) is 2.47. The van der Waals surface area contributed by atoms with Crippen LogP contribution >= 0.6 is 11.6 Å². The highest BCUT2D eigenvalue weighted by molar-refractivity contribution is 6.45. The molecule has 1 aliphatic heterocycles. The summed E-state index contributed by atoms with van der Waals surface area (Å²) in [6, 6.07) is 1.29. The minimum absolute atomic E-state index is 0.0389. The van der Waals surface area contributed by atoms with Gasteiger partial charge in [0.25, 0.3) is 5.78 Å². The van der Waals surface area contributed by atoms with Crippen LogP contribution in [0.2, 0.25) is 5.02 Å². The number of hydrogen-bond acceptors (Lipinski definition) is 4. The summed E-state index contributed by atoms with van der Waals surface area (Å²) < 4.78 is 10.2. The molecule has 0 fully saturated rings. The van der Waals surface area contributed by atoms with Crippen LogP contribution < -0.4 is 9.47 Å². The third kappa shape index (κ3) is 1.49. The van der Waals surface area contributed by atoms with E-state index in [-0.39, 0.29) is 17.4 Å². The van der Waals surface area contributed by atoms with Crippen LogP contribution in [-0.4, -0.2) is 23.7 Å². The molecule has 0 spiro atoms. The van der Waals surface area contributed by atoms with E-state index in [0.717, 1.165) is 0 Å². The highest BCUT2D eigenvalue weighted by Gasteiger charge is 2.26. The quantitative estimate of drug-likeness (QED) is 0.631. The third-order valence-corrected chi connectivity index (χ3v) is 2.75. The third-order valence-electron chi connectivity index (χ3n) is 2.26. The van der Waals surface area contributed by atoms with Gasteiger partial charge in [0.15, 0.2) is 11.5 Å². The number of fused-ring (bicyclic) bond motifs is 1. The van der Waals surface area contributed by atoms with Crippen LogP contribution in [0, 0.1) is 6.92 Å². The number of hydrogen-bond donors (Lipinski definition) is 1. The smallest absolute Gasteiger partial charge is 0.377 e. The van der Waals surface area contributed by atoms with Crippen LogP contribution in [0.1, 0.15) is 15.9 Å². The van der Waals surface area contributed by atoms with Gasteiger partial charge in [-0.25, -0.2) is 4.79 Å². The summed E-state index contributed by atoms with van der Waals surface area (Å²) >= 11 is 5.90. The lowest BCUT2D eigenvalue weighted by molar-refractivity contribution is -0.131. The summed E-state index contributed by atoms with van der Waals surface area (Å²) in [7, 11) is 0. The van der Waals surface area contributed by atoms with Gasteiger partial charge in [-0.2, -0.15) is 0 Å². The number of aliphatic carboxylic acids is 1. The zero-order valence-corrected chi connectivity index (χ0v) is 9.00. The van der Waals surface area contributed by atoms with Crippen molar-refractivity contribution in [2.45, 2.75) is 6.92 Å². The minimum Gasteiger partial charge on any atom is -0.475 e. The molecule has 2 rings (SSSR count). The second-order valence-corrected chi connectivity index (χ2v) is 3.61. The number of ether oxygens (including phenoxy) is 2. The number of benzene rings is 1. The van der Waals surface area contributed by atoms with Crippen molar-refractivity contribution in [3.05, 3.63) is 22.2 Å². The largest absolute Gasteiger partial charge is 0.475 e. The van der Waals surface area contributed by atoms with E-state index in [9.17, 15) is 9.59 Å². The summed E-state index contributed by atoms with van der Waals surface area (Å²) in [5, 5.41) is 8.70. The van der Waals surface area contributed by atoms with E-state index in [2.05, 4.69) is 0 Å². The van der Waals surface area contributed by atoms with Crippen molar-refractivity contribution >= 4 is 23.4 Å². The molecular weight excluding hydrogens is 236 g/mol. The molecule has 5 nitrogen and oxygen atoms in total. The van der Waals surface area contributed by atoms with E-state index in [4.69, 9.17) is 26.2 Å². The fourth-order valence-corrected chi connectivity index (χ4v) is 1.69. The molecule has 0 unspecified atom stereocenters. The predicted octanol–water partition coefficient (Wildman–Crippen LogP) is 1.64. The number of carboxylic acid groups (broad SMARTS) is 1. The fraction of sp³-hybridized carbons (Fsp3) is 0.200. The molecule has 0 bridgehead atoms. The lowest BCUT2D eigenvalue weighted by Gasteiger charge is -2.07. The van der Waals surface area contributed by atoms with Gasteiger partial charge in [0.1, 0.15) is 0 Å². The zero-order chi connectivity index (χ0) is 11.9. The average Bonchev–Trinajstić information content (AvgIpc) is 2.70. The van der Waals surface area contributed by atoms with Crippen molar-refractivity contribution in [3.63, 3.8) is 0 Å². The van der Waals surface area contributed by atoms with Gasteiger partial charge in [-0.05, 0) is 13.0 Å². The van der Waals surface area contributed by atoms with Crippen LogP contribution in [0.25, 0.3) is 0 Å². The molecule has 0 saturated carbocycles. The molecule has 0 aliphatic carbocycles. The summed E-state index contributed by atoms with van der Waals surface area (Å²) in [5.41, 5.74) is 0.414. The Bertz CT molecular complexity index is 494. The molecule has 0 aromatic heterocycles. The van der Waals surface area contributed by atoms with Gasteiger partial charge in [-0.1, -0.05) is 11.6 Å². The summed E-state index contributed by atoms with van der Waals surface area (Å²) in [6.45, 7) is 1.67. The van der Waals surface area contributed by atoms with Crippen LogP contribution in [0.15, 0.2) is 6.07 Å². The molecule has 1 heterocycles. The van der Waals surface area contributed by atoms with E-state index in [1.165, 1.54) is 6.07 Å². The van der Waals surface area contributed by atoms with E-state index in [0.29, 0.717) is 17.1 Å². The maximum Gasteiger partial charge on any atom is 0.377 e. The van der Waals surface area contributed by atoms with Gasteiger partial charge in [0.2, 0.25) is 6.79 Å². The summed E-state index contributed by atoms with van der Waals surface area (Å²) in [5.74, 6) is -1.83. The van der Waals surface area contributed by atoms with Gasteiger partial charge in [0.05, 0.1) is 10.6 Å². The van der Waals surface area contributed by atoms with E-state index in [1.807, 2.05) is 0 Å². The van der Waals surface area contributed by atoms with Gasteiger partial charge in [-0.3, -0.25) is 4.79 Å². The van der Waals surface area contributed by atoms with Crippen molar-refractivity contribution in [1.82, 2.24) is 0 Å². The number of rotatable bonds is 2. The monoisotopic (exact) mass is 242 g/mol. The molecule has 0 saturated heterocycles. The lowest BCUT2D eigenvalue weighted by Crippen LogP contribution is -2.13. The van der Waals surface area contributed by atoms with Crippen molar-refractivity contribution < 1.29 is 24.2 Å². The first-order valence-corrected chi connectivity index (χ1v) is 4.76. The number of carbonyl (C=O) groups excluding carboxylic acids is 1. The van der Waals surface area contributed by atoms with Crippen molar-refractivity contribution in [3.8, 4) is 11.5 Å². The maximum absolute atomic E-state index is 11.3. The van der Waals surface area contributed by atoms with Gasteiger partial charge in [0, 0.05) is 5.56 Å². The van der Waals surface area contributed by atoms with Crippen molar-refractivity contribution in [2.24, 2.45) is 0 Å². The fourth-order valence-electron chi connectivity index (χ4n) is 1.47. The molecule has 1 N–H and O–H groups in total. The van der Waals surface area contributed by atoms with Crippen LogP contribution in [-0.2, 0) is 4.79 Å². The molecule has 0 amide bonds. The molecule has 0 atom stereocenters. The Morgan fingerprint density at radius 2 is 2.12 bits per heavy atom. The van der Waals surface area contributed by atoms with Gasteiger partial charge in [-0.15, -0.1) is 0 Å². The Morgan fingerprint density at radius 3 is 2.75 bits per heavy atom. The molecule has 16 heavy (non-hydrogen) atoms. The second-order valence-electron chi connectivity index (χ2n) is 3.23. The minimum atomic E-state index is -1.56. The van der Waals surface area contributed by atoms with Crippen LogP contribution in [0.3, 0.4) is 0 Å². The van der Waals surface area contributed by atoms with Gasteiger partial charge >= 0.3 is 5.97 Å². The number of Topliss-reactive ketones (excluding diaryl/α,β-unsaturated/α-hetero) is 1. The molecule has 1 aliphatic rings. The van der Waals surface area contributed by atoms with Crippen LogP contribution in [0.5, 0.6) is 11.5 Å². The Labute approximate surface area is 95.5 Å². The number of ketones is 1. The Balaban J connectivity index is 2.60. The number of carboxylic acids is 1. The molecule has 84 valence electrons. The first kappa shape index (κ1) is 10.8. The Hall–Kier alpha value is -1.75. The highest BCUT2D eigenvalue weighted by atomic mass is 35.5. The molecule has 1 aromatic carbocycles. The SMILES string of the molecule is Cc1c(Cl)c(C(=O)C(=O)O)cc2c1OCO2. The molecule has 1 aromatic rings. The number of carbonyl (C=O) groups is 2. The highest BCUT2D eigenvalue weighted by Crippen LogP contribution is 2.41. The summed E-state index contributed by atoms with van der Waals surface area (Å²) in [6.07, 6.45) is 0. The first-order chi connectivity index (χ1) is 7.52. The standard InChI is InChI=1S/C10H7ClO5/c1-4-7(11)5(8(12)10(13)14)2-6-9(4)16-3-15-6/h2H,3H2,1H3,(H,13,14). The van der Waals surface area contributed by atoms with E-state index < -0.39 is 11.8 Å². The first-order valence-electron chi connectivity index (χ1n) is 4.38. The van der Waals surface area contributed by atoms with Crippen molar-refractivity contribution in [2.75, 3.05) is 6.79 Å². The molecule has 6 heteroatoms. The van der Waals surface area contributed by atoms with Crippen molar-refractivity contribution in [1.29, 1.82) is 0 Å². The molecular formula is C10H7ClO5. The Morgan fingerprint density at radius 1 is 1.44 bits per heavy atom. The second kappa shape index (κ2) is 3.68. The van der Waals surface area contributed by atoms with Gasteiger partial charge < -0.3 is 14.6 Å². The lowest BCUT2D eigenvalue weighted by atomic mass is 10.1. The predicted molar refractivity (Wildman–Crippen MR) is 54.3 cm³/mol. The van der Waals surface area contributed by atoms with Crippen LogP contribution in [0.4, 0.5) is 0 Å². The number of halogens is 1. The summed E-state index contributed by atoms with van der Waals surface area (Å²) in [4.78, 5) is 21.9. The topological polar surface area (TPSA) is 72.8 Å². The normalized spacial score (nSPS) is 12.6. The maximum atomic E-state index is 11.3. The molecule has 0 radical (unpaired) electrons.